The minimum atomic E-state index is -0.264. The fourth-order valence-electron chi connectivity index (χ4n) is 1.28. The summed E-state index contributed by atoms with van der Waals surface area (Å²) in [6.45, 7) is 1.47. The fraction of sp³-hybridized carbons (Fsp3) is 0.455. The molecule has 90 valence electrons. The highest BCUT2D eigenvalue weighted by Gasteiger charge is 2.09. The standard InChI is InChI=1S/C11H17FN2O2/c1-15-6-7-16-8-11(14-13)9-2-4-10(12)5-3-9/h2-5,11,14H,6-8,13H2,1H3. The summed E-state index contributed by atoms with van der Waals surface area (Å²) in [7, 11) is 1.61. The molecule has 1 rings (SSSR count). The van der Waals surface area contributed by atoms with Crippen molar-refractivity contribution in [1.29, 1.82) is 0 Å². The molecule has 0 amide bonds. The van der Waals surface area contributed by atoms with Gasteiger partial charge in [-0.1, -0.05) is 12.1 Å². The van der Waals surface area contributed by atoms with Crippen molar-refractivity contribution in [3.63, 3.8) is 0 Å². The molecule has 4 nitrogen and oxygen atoms in total. The number of hydrogen-bond acceptors (Lipinski definition) is 4. The molecule has 1 atom stereocenters. The summed E-state index contributed by atoms with van der Waals surface area (Å²) in [6, 6.07) is 6.01. The number of nitrogens with two attached hydrogens (primary N) is 1. The smallest absolute Gasteiger partial charge is 0.123 e. The molecule has 0 saturated carbocycles. The third kappa shape index (κ3) is 4.24. The zero-order valence-electron chi connectivity index (χ0n) is 9.28. The Morgan fingerprint density at radius 2 is 2.00 bits per heavy atom. The third-order valence-electron chi connectivity index (χ3n) is 2.19. The Bertz CT molecular complexity index is 293. The molecule has 0 bridgehead atoms. The maximum Gasteiger partial charge on any atom is 0.123 e. The van der Waals surface area contributed by atoms with Crippen LogP contribution in [0.4, 0.5) is 4.39 Å². The molecule has 1 aromatic carbocycles. The summed E-state index contributed by atoms with van der Waals surface area (Å²) >= 11 is 0. The number of rotatable bonds is 7. The Morgan fingerprint density at radius 3 is 2.56 bits per heavy atom. The average Bonchev–Trinajstić information content (AvgIpc) is 2.31. The zero-order valence-corrected chi connectivity index (χ0v) is 9.28. The van der Waals surface area contributed by atoms with Gasteiger partial charge in [0.25, 0.3) is 0 Å². The molecule has 0 aliphatic rings. The Balaban J connectivity index is 2.44. The fourth-order valence-corrected chi connectivity index (χ4v) is 1.28. The highest BCUT2D eigenvalue weighted by atomic mass is 19.1. The van der Waals surface area contributed by atoms with E-state index in [9.17, 15) is 4.39 Å². The molecule has 0 aliphatic heterocycles. The van der Waals surface area contributed by atoms with Gasteiger partial charge in [0.05, 0.1) is 25.9 Å². The summed E-state index contributed by atoms with van der Waals surface area (Å²) in [6.07, 6.45) is 0. The molecule has 5 heteroatoms. The average molecular weight is 228 g/mol. The number of halogens is 1. The zero-order chi connectivity index (χ0) is 11.8. The molecule has 1 unspecified atom stereocenters. The second-order valence-corrected chi connectivity index (χ2v) is 3.34. The summed E-state index contributed by atoms with van der Waals surface area (Å²) in [5, 5.41) is 0. The number of nitrogens with one attached hydrogen (secondary N) is 1. The normalized spacial score (nSPS) is 12.7. The highest BCUT2D eigenvalue weighted by molar-refractivity contribution is 5.19. The first-order chi connectivity index (χ1) is 7.77. The molecule has 1 aromatic rings. The number of methoxy groups -OCH3 is 1. The lowest BCUT2D eigenvalue weighted by molar-refractivity contribution is 0.0586. The lowest BCUT2D eigenvalue weighted by Crippen LogP contribution is -2.31. The summed E-state index contributed by atoms with van der Waals surface area (Å²) < 4.78 is 22.9. The third-order valence-corrected chi connectivity index (χ3v) is 2.19. The van der Waals surface area contributed by atoms with E-state index in [1.807, 2.05) is 0 Å². The predicted molar refractivity (Wildman–Crippen MR) is 59.2 cm³/mol. The van der Waals surface area contributed by atoms with Gasteiger partial charge in [0.15, 0.2) is 0 Å². The maximum atomic E-state index is 12.7. The Kier molecular flexibility index (Phi) is 5.95. The summed E-state index contributed by atoms with van der Waals surface area (Å²) in [4.78, 5) is 0. The van der Waals surface area contributed by atoms with Crippen LogP contribution in [0.2, 0.25) is 0 Å². The molecule has 0 heterocycles. The summed E-state index contributed by atoms with van der Waals surface area (Å²) in [5.74, 6) is 5.14. The van der Waals surface area contributed by atoms with Gasteiger partial charge < -0.3 is 9.47 Å². The van der Waals surface area contributed by atoms with E-state index in [0.29, 0.717) is 19.8 Å². The first kappa shape index (κ1) is 13.1. The van der Waals surface area contributed by atoms with Crippen molar-refractivity contribution in [2.45, 2.75) is 6.04 Å². The van der Waals surface area contributed by atoms with Crippen LogP contribution in [0.15, 0.2) is 24.3 Å². The van der Waals surface area contributed by atoms with E-state index in [-0.39, 0.29) is 11.9 Å². The van der Waals surface area contributed by atoms with E-state index < -0.39 is 0 Å². The monoisotopic (exact) mass is 228 g/mol. The van der Waals surface area contributed by atoms with Crippen molar-refractivity contribution in [3.8, 4) is 0 Å². The van der Waals surface area contributed by atoms with E-state index in [0.717, 1.165) is 5.56 Å². The summed E-state index contributed by atoms with van der Waals surface area (Å²) in [5.41, 5.74) is 3.52. The first-order valence-corrected chi connectivity index (χ1v) is 5.06. The van der Waals surface area contributed by atoms with Gasteiger partial charge >= 0.3 is 0 Å². The van der Waals surface area contributed by atoms with Gasteiger partial charge in [0.2, 0.25) is 0 Å². The minimum Gasteiger partial charge on any atom is -0.382 e. The van der Waals surface area contributed by atoms with Crippen LogP contribution in [0, 0.1) is 5.82 Å². The van der Waals surface area contributed by atoms with E-state index >= 15 is 0 Å². The van der Waals surface area contributed by atoms with Crippen LogP contribution >= 0.6 is 0 Å². The Hall–Kier alpha value is -1.01. The van der Waals surface area contributed by atoms with Crippen molar-refractivity contribution >= 4 is 0 Å². The van der Waals surface area contributed by atoms with E-state index in [2.05, 4.69) is 5.43 Å². The molecule has 16 heavy (non-hydrogen) atoms. The Labute approximate surface area is 94.5 Å². The number of ether oxygens (including phenoxy) is 2. The van der Waals surface area contributed by atoms with Gasteiger partial charge in [-0.05, 0) is 17.7 Å². The maximum absolute atomic E-state index is 12.7. The topological polar surface area (TPSA) is 56.5 Å². The second-order valence-electron chi connectivity index (χ2n) is 3.34. The predicted octanol–water partition coefficient (Wildman–Crippen LogP) is 0.993. The van der Waals surface area contributed by atoms with E-state index in [4.69, 9.17) is 15.3 Å². The van der Waals surface area contributed by atoms with Crippen LogP contribution in [-0.4, -0.2) is 26.9 Å². The van der Waals surface area contributed by atoms with Crippen LogP contribution in [0.1, 0.15) is 11.6 Å². The highest BCUT2D eigenvalue weighted by Crippen LogP contribution is 2.12. The largest absolute Gasteiger partial charge is 0.382 e. The van der Waals surface area contributed by atoms with E-state index in [1.54, 1.807) is 19.2 Å². The van der Waals surface area contributed by atoms with Gasteiger partial charge in [-0.2, -0.15) is 0 Å². The number of hydrazine groups is 1. The van der Waals surface area contributed by atoms with Gasteiger partial charge in [0.1, 0.15) is 5.82 Å². The van der Waals surface area contributed by atoms with Gasteiger partial charge in [-0.15, -0.1) is 0 Å². The molecular weight excluding hydrogens is 211 g/mol. The van der Waals surface area contributed by atoms with Crippen molar-refractivity contribution in [2.75, 3.05) is 26.9 Å². The van der Waals surface area contributed by atoms with Crippen LogP contribution in [0.25, 0.3) is 0 Å². The number of benzene rings is 1. The van der Waals surface area contributed by atoms with Gasteiger partial charge in [0, 0.05) is 7.11 Å². The van der Waals surface area contributed by atoms with E-state index in [1.165, 1.54) is 12.1 Å². The molecular formula is C11H17FN2O2. The van der Waals surface area contributed by atoms with Crippen molar-refractivity contribution in [2.24, 2.45) is 5.84 Å². The SMILES string of the molecule is COCCOCC(NN)c1ccc(F)cc1. The van der Waals surface area contributed by atoms with Crippen molar-refractivity contribution in [3.05, 3.63) is 35.6 Å². The van der Waals surface area contributed by atoms with Crippen LogP contribution < -0.4 is 11.3 Å². The number of hydrogen-bond donors (Lipinski definition) is 2. The van der Waals surface area contributed by atoms with Crippen LogP contribution in [0.3, 0.4) is 0 Å². The molecule has 0 aromatic heterocycles. The molecule has 0 spiro atoms. The lowest BCUT2D eigenvalue weighted by Gasteiger charge is -2.16. The quantitative estimate of drug-likeness (QED) is 0.415. The molecule has 0 aliphatic carbocycles. The Morgan fingerprint density at radius 1 is 1.31 bits per heavy atom. The first-order valence-electron chi connectivity index (χ1n) is 5.06. The minimum absolute atomic E-state index is 0.141. The van der Waals surface area contributed by atoms with Gasteiger partial charge in [-0.3, -0.25) is 11.3 Å². The second kappa shape index (κ2) is 7.29. The molecule has 0 fully saturated rings. The van der Waals surface area contributed by atoms with Gasteiger partial charge in [-0.25, -0.2) is 4.39 Å². The van der Waals surface area contributed by atoms with Crippen molar-refractivity contribution < 1.29 is 13.9 Å². The molecule has 3 N–H and O–H groups in total. The van der Waals surface area contributed by atoms with Crippen LogP contribution in [-0.2, 0) is 9.47 Å². The van der Waals surface area contributed by atoms with Crippen molar-refractivity contribution in [1.82, 2.24) is 5.43 Å². The molecule has 0 radical (unpaired) electrons. The lowest BCUT2D eigenvalue weighted by atomic mass is 10.1. The molecule has 0 saturated heterocycles. The van der Waals surface area contributed by atoms with Crippen LogP contribution in [0.5, 0.6) is 0 Å².